The fourth-order valence-corrected chi connectivity index (χ4v) is 3.69. The molecular weight excluding hydrogens is 334 g/mol. The number of hydrogen-bond acceptors (Lipinski definition) is 3. The van der Waals surface area contributed by atoms with E-state index in [9.17, 15) is 4.79 Å². The van der Waals surface area contributed by atoms with Gasteiger partial charge in [0.1, 0.15) is 5.60 Å². The van der Waals surface area contributed by atoms with Gasteiger partial charge >= 0.3 is 6.09 Å². The Morgan fingerprint density at radius 3 is 2.56 bits per heavy atom. The van der Waals surface area contributed by atoms with Gasteiger partial charge in [-0.05, 0) is 63.9 Å². The van der Waals surface area contributed by atoms with Crippen molar-refractivity contribution in [3.63, 3.8) is 0 Å². The summed E-state index contributed by atoms with van der Waals surface area (Å²) in [6, 6.07) is 8.72. The summed E-state index contributed by atoms with van der Waals surface area (Å²) < 4.78 is 5.45. The van der Waals surface area contributed by atoms with Gasteiger partial charge in [-0.3, -0.25) is 0 Å². The van der Waals surface area contributed by atoms with Crippen LogP contribution in [-0.4, -0.2) is 47.4 Å². The molecule has 0 atom stereocenters. The first kappa shape index (κ1) is 18.0. The van der Waals surface area contributed by atoms with Gasteiger partial charge in [0.2, 0.25) is 0 Å². The topological polar surface area (TPSA) is 44.8 Å². The fourth-order valence-electron chi connectivity index (χ4n) is 3.33. The molecule has 1 amide bonds. The van der Waals surface area contributed by atoms with E-state index in [2.05, 4.69) is 34.5 Å². The summed E-state index contributed by atoms with van der Waals surface area (Å²) in [5, 5.41) is 4.28. The molecule has 1 aromatic carbocycles. The van der Waals surface area contributed by atoms with Gasteiger partial charge < -0.3 is 19.9 Å². The molecule has 0 saturated carbocycles. The predicted molar refractivity (Wildman–Crippen MR) is 104 cm³/mol. The first-order valence-electron chi connectivity index (χ1n) is 8.97. The number of ether oxygens (including phenoxy) is 1. The molecule has 1 saturated heterocycles. The zero-order valence-corrected chi connectivity index (χ0v) is 16.1. The van der Waals surface area contributed by atoms with E-state index in [0.29, 0.717) is 19.1 Å². The van der Waals surface area contributed by atoms with Crippen LogP contribution in [0.15, 0.2) is 24.3 Å². The van der Waals surface area contributed by atoms with E-state index in [0.717, 1.165) is 30.9 Å². The van der Waals surface area contributed by atoms with Crippen molar-refractivity contribution < 1.29 is 9.53 Å². The number of rotatable bonds is 1. The second-order valence-electron chi connectivity index (χ2n) is 7.72. The number of piperidine rings is 1. The lowest BCUT2D eigenvalue weighted by Gasteiger charge is -2.35. The van der Waals surface area contributed by atoms with Crippen LogP contribution in [0.1, 0.15) is 39.2 Å². The van der Waals surface area contributed by atoms with Crippen LogP contribution >= 0.6 is 12.2 Å². The Balaban J connectivity index is 1.50. The summed E-state index contributed by atoms with van der Waals surface area (Å²) in [5.41, 5.74) is 2.12. The van der Waals surface area contributed by atoms with E-state index in [1.165, 1.54) is 11.3 Å². The molecule has 2 heterocycles. The maximum Gasteiger partial charge on any atom is 0.410 e. The number of thiocarbonyl (C=S) groups is 1. The number of hydrogen-bond donors (Lipinski definition) is 1. The lowest BCUT2D eigenvalue weighted by Crippen LogP contribution is -2.50. The normalized spacial score (nSPS) is 18.0. The van der Waals surface area contributed by atoms with Crippen molar-refractivity contribution in [2.45, 2.75) is 51.7 Å². The third-order valence-electron chi connectivity index (χ3n) is 4.61. The molecule has 1 fully saturated rings. The summed E-state index contributed by atoms with van der Waals surface area (Å²) >= 11 is 5.63. The number of carbonyl (C=O) groups is 1. The van der Waals surface area contributed by atoms with Gasteiger partial charge in [-0.1, -0.05) is 18.2 Å². The maximum atomic E-state index is 12.1. The van der Waals surface area contributed by atoms with Crippen molar-refractivity contribution in [3.8, 4) is 0 Å². The molecular formula is C19H27N3O2S. The van der Waals surface area contributed by atoms with E-state index in [4.69, 9.17) is 17.0 Å². The molecule has 2 aliphatic heterocycles. The molecule has 5 nitrogen and oxygen atoms in total. The van der Waals surface area contributed by atoms with Crippen LogP contribution in [0, 0.1) is 0 Å². The van der Waals surface area contributed by atoms with E-state index in [1.54, 1.807) is 4.90 Å². The third kappa shape index (κ3) is 4.42. The molecule has 0 bridgehead atoms. The zero-order chi connectivity index (χ0) is 18.0. The Labute approximate surface area is 155 Å². The number of benzene rings is 1. The number of likely N-dealkylation sites (tertiary alicyclic amines) is 1. The van der Waals surface area contributed by atoms with Gasteiger partial charge in [-0.25, -0.2) is 4.79 Å². The van der Waals surface area contributed by atoms with E-state index < -0.39 is 5.60 Å². The maximum absolute atomic E-state index is 12.1. The van der Waals surface area contributed by atoms with Gasteiger partial charge in [-0.2, -0.15) is 0 Å². The van der Waals surface area contributed by atoms with Crippen LogP contribution in [-0.2, 0) is 11.2 Å². The molecule has 0 aromatic heterocycles. The monoisotopic (exact) mass is 361 g/mol. The average Bonchev–Trinajstić information content (AvgIpc) is 2.98. The van der Waals surface area contributed by atoms with Crippen LogP contribution in [0.3, 0.4) is 0 Å². The Morgan fingerprint density at radius 2 is 1.88 bits per heavy atom. The van der Waals surface area contributed by atoms with Gasteiger partial charge in [-0.15, -0.1) is 0 Å². The number of anilines is 1. The van der Waals surface area contributed by atoms with Crippen LogP contribution in [0.4, 0.5) is 10.5 Å². The Morgan fingerprint density at radius 1 is 1.20 bits per heavy atom. The second-order valence-corrected chi connectivity index (χ2v) is 8.11. The number of carbonyl (C=O) groups excluding carboxylic acids is 1. The molecule has 1 aromatic rings. The van der Waals surface area contributed by atoms with Gasteiger partial charge in [0.25, 0.3) is 0 Å². The zero-order valence-electron chi connectivity index (χ0n) is 15.2. The third-order valence-corrected chi connectivity index (χ3v) is 4.94. The van der Waals surface area contributed by atoms with E-state index in [1.807, 2.05) is 20.8 Å². The minimum atomic E-state index is -0.448. The molecule has 0 radical (unpaired) electrons. The summed E-state index contributed by atoms with van der Waals surface area (Å²) in [6.45, 7) is 8.02. The summed E-state index contributed by atoms with van der Waals surface area (Å²) in [7, 11) is 0. The first-order valence-corrected chi connectivity index (χ1v) is 9.38. The lowest BCUT2D eigenvalue weighted by atomic mass is 10.1. The average molecular weight is 362 g/mol. The molecule has 136 valence electrons. The predicted octanol–water partition coefficient (Wildman–Crippen LogP) is 3.32. The van der Waals surface area contributed by atoms with Gasteiger partial charge in [0, 0.05) is 31.4 Å². The Bertz CT molecular complexity index is 648. The standard InChI is InChI=1S/C19H27N3O2S/c1-19(2,3)24-18(23)21-11-9-15(10-12-21)20-17(25)22-13-8-14-6-4-5-7-16(14)22/h4-7,15H,8-13H2,1-3H3,(H,20,25). The van der Waals surface area contributed by atoms with Crippen LogP contribution in [0.5, 0.6) is 0 Å². The van der Waals surface area contributed by atoms with Crippen molar-refractivity contribution >= 4 is 29.1 Å². The summed E-state index contributed by atoms with van der Waals surface area (Å²) in [6.07, 6.45) is 2.58. The van der Waals surface area contributed by atoms with Crippen molar-refractivity contribution in [1.82, 2.24) is 10.2 Å². The molecule has 0 spiro atoms. The number of fused-ring (bicyclic) bond motifs is 1. The van der Waals surface area contributed by atoms with Crippen LogP contribution in [0.2, 0.25) is 0 Å². The highest BCUT2D eigenvalue weighted by Gasteiger charge is 2.28. The van der Waals surface area contributed by atoms with E-state index in [-0.39, 0.29) is 6.09 Å². The molecule has 3 rings (SSSR count). The summed E-state index contributed by atoms with van der Waals surface area (Å²) in [4.78, 5) is 16.1. The lowest BCUT2D eigenvalue weighted by molar-refractivity contribution is 0.0203. The Kier molecular flexibility index (Phi) is 5.18. The van der Waals surface area contributed by atoms with Gasteiger partial charge in [0.05, 0.1) is 0 Å². The highest BCUT2D eigenvalue weighted by molar-refractivity contribution is 7.80. The summed E-state index contributed by atoms with van der Waals surface area (Å²) in [5.74, 6) is 0. The SMILES string of the molecule is CC(C)(C)OC(=O)N1CCC(NC(=S)N2CCc3ccccc32)CC1. The molecule has 1 N–H and O–H groups in total. The fraction of sp³-hybridized carbons (Fsp3) is 0.579. The molecule has 2 aliphatic rings. The molecule has 25 heavy (non-hydrogen) atoms. The van der Waals surface area contributed by atoms with Crippen molar-refractivity contribution in [3.05, 3.63) is 29.8 Å². The number of nitrogens with zero attached hydrogens (tertiary/aromatic N) is 2. The number of para-hydroxylation sites is 1. The quantitative estimate of drug-likeness (QED) is 0.778. The minimum absolute atomic E-state index is 0.220. The number of nitrogens with one attached hydrogen (secondary N) is 1. The second kappa shape index (κ2) is 7.20. The molecule has 0 unspecified atom stereocenters. The van der Waals surface area contributed by atoms with Crippen LogP contribution < -0.4 is 10.2 Å². The van der Waals surface area contributed by atoms with Crippen molar-refractivity contribution in [2.24, 2.45) is 0 Å². The largest absolute Gasteiger partial charge is 0.444 e. The first-order chi connectivity index (χ1) is 11.8. The smallest absolute Gasteiger partial charge is 0.410 e. The number of amides is 1. The van der Waals surface area contributed by atoms with Gasteiger partial charge in [0.15, 0.2) is 5.11 Å². The minimum Gasteiger partial charge on any atom is -0.444 e. The van der Waals surface area contributed by atoms with Crippen LogP contribution in [0.25, 0.3) is 0 Å². The Hall–Kier alpha value is -1.82. The van der Waals surface area contributed by atoms with E-state index >= 15 is 0 Å². The highest BCUT2D eigenvalue weighted by atomic mass is 32.1. The molecule has 6 heteroatoms. The van der Waals surface area contributed by atoms with Crippen molar-refractivity contribution in [1.29, 1.82) is 0 Å². The van der Waals surface area contributed by atoms with Crippen molar-refractivity contribution in [2.75, 3.05) is 24.5 Å². The molecule has 0 aliphatic carbocycles. The highest BCUT2D eigenvalue weighted by Crippen LogP contribution is 2.27.